The Morgan fingerprint density at radius 3 is 2.66 bits per heavy atom. The monoisotopic (exact) mass is 481 g/mol. The standard InChI is InChI=1S/C23H27N7O5/c1-14-18(12-34-21(14)32)28-6-7-35-23(22(28)33)8-16-3-4-17(9-23)29(16)11-19(31)15-2-5-20(24-10-15)30-13-25-26-27-30/h2,5,10,13,16-17,19,31H,3-4,6-9,11-12H2,1H3/t16?,17?,19-,23?/m0/s1. The zero-order valence-electron chi connectivity index (χ0n) is 19.4. The number of ether oxygens (including phenoxy) is 2. The molecule has 0 aliphatic carbocycles. The van der Waals surface area contributed by atoms with Gasteiger partial charge in [-0.2, -0.15) is 4.68 Å². The first-order valence-corrected chi connectivity index (χ1v) is 11.9. The summed E-state index contributed by atoms with van der Waals surface area (Å²) in [6, 6.07) is 3.87. The molecule has 1 N–H and O–H groups in total. The Bertz CT molecular complexity index is 1150. The van der Waals surface area contributed by atoms with Crippen molar-refractivity contribution in [1.29, 1.82) is 0 Å². The summed E-state index contributed by atoms with van der Waals surface area (Å²) in [5.41, 5.74) is 0.981. The van der Waals surface area contributed by atoms with Gasteiger partial charge in [-0.3, -0.25) is 9.69 Å². The third-order valence-electron chi connectivity index (χ3n) is 7.76. The molecule has 1 amide bonds. The molecule has 3 saturated heterocycles. The number of hydrogen-bond acceptors (Lipinski definition) is 10. The molecule has 0 aromatic carbocycles. The van der Waals surface area contributed by atoms with E-state index >= 15 is 0 Å². The zero-order valence-corrected chi connectivity index (χ0v) is 19.4. The van der Waals surface area contributed by atoms with Crippen LogP contribution in [0.25, 0.3) is 5.82 Å². The predicted octanol–water partition coefficient (Wildman–Crippen LogP) is 0.146. The first-order valence-electron chi connectivity index (χ1n) is 11.9. The fourth-order valence-electron chi connectivity index (χ4n) is 5.94. The van der Waals surface area contributed by atoms with Crippen LogP contribution in [-0.2, 0) is 19.1 Å². The summed E-state index contributed by atoms with van der Waals surface area (Å²) < 4.78 is 12.8. The van der Waals surface area contributed by atoms with E-state index in [1.165, 1.54) is 11.0 Å². The Labute approximate surface area is 201 Å². The maximum Gasteiger partial charge on any atom is 0.336 e. The third kappa shape index (κ3) is 3.72. The Morgan fingerprint density at radius 1 is 1.23 bits per heavy atom. The molecule has 2 aromatic rings. The van der Waals surface area contributed by atoms with Gasteiger partial charge in [-0.15, -0.1) is 5.10 Å². The van der Waals surface area contributed by atoms with Crippen LogP contribution in [-0.4, -0.2) is 96.0 Å². The summed E-state index contributed by atoms with van der Waals surface area (Å²) in [5, 5.41) is 22.0. The highest BCUT2D eigenvalue weighted by Crippen LogP contribution is 2.46. The summed E-state index contributed by atoms with van der Waals surface area (Å²) in [4.78, 5) is 33.9. The molecule has 3 atom stereocenters. The Kier molecular flexibility index (Phi) is 5.38. The van der Waals surface area contributed by atoms with Gasteiger partial charge < -0.3 is 19.5 Å². The molecule has 12 nitrogen and oxygen atoms in total. The maximum atomic E-state index is 13.6. The van der Waals surface area contributed by atoms with Gasteiger partial charge in [0.15, 0.2) is 5.82 Å². The van der Waals surface area contributed by atoms with Gasteiger partial charge in [0.1, 0.15) is 18.5 Å². The highest BCUT2D eigenvalue weighted by molar-refractivity contribution is 5.94. The molecular formula is C23H27N7O5. The average molecular weight is 482 g/mol. The van der Waals surface area contributed by atoms with E-state index in [9.17, 15) is 14.7 Å². The smallest absolute Gasteiger partial charge is 0.336 e. The number of tetrazole rings is 1. The van der Waals surface area contributed by atoms with Crippen LogP contribution in [0, 0.1) is 0 Å². The normalized spacial score (nSPS) is 29.8. The van der Waals surface area contributed by atoms with Crippen molar-refractivity contribution in [1.82, 2.24) is 35.0 Å². The number of cyclic esters (lactones) is 1. The number of rotatable bonds is 5. The number of piperidine rings is 1. The molecule has 2 aromatic heterocycles. The molecule has 6 rings (SSSR count). The van der Waals surface area contributed by atoms with E-state index in [-0.39, 0.29) is 30.6 Å². The average Bonchev–Trinajstić information content (AvgIpc) is 3.57. The highest BCUT2D eigenvalue weighted by Gasteiger charge is 2.56. The van der Waals surface area contributed by atoms with Crippen LogP contribution in [0.5, 0.6) is 0 Å². The molecule has 3 fully saturated rings. The van der Waals surface area contributed by atoms with E-state index in [0.29, 0.717) is 55.2 Å². The second-order valence-electron chi connectivity index (χ2n) is 9.66. The minimum atomic E-state index is -0.889. The van der Waals surface area contributed by atoms with E-state index in [0.717, 1.165) is 12.8 Å². The van der Waals surface area contributed by atoms with Gasteiger partial charge in [0.05, 0.1) is 24.0 Å². The number of esters is 1. The summed E-state index contributed by atoms with van der Waals surface area (Å²) in [7, 11) is 0. The topological polar surface area (TPSA) is 136 Å². The predicted molar refractivity (Wildman–Crippen MR) is 119 cm³/mol. The van der Waals surface area contributed by atoms with E-state index in [1.54, 1.807) is 24.1 Å². The lowest BCUT2D eigenvalue weighted by atomic mass is 9.83. The fraction of sp³-hybridized carbons (Fsp3) is 0.565. The van der Waals surface area contributed by atoms with E-state index < -0.39 is 11.7 Å². The van der Waals surface area contributed by atoms with Crippen molar-refractivity contribution >= 4 is 11.9 Å². The third-order valence-corrected chi connectivity index (χ3v) is 7.76. The van der Waals surface area contributed by atoms with Crippen molar-refractivity contribution < 1.29 is 24.2 Å². The molecule has 6 heterocycles. The number of fused-ring (bicyclic) bond motifs is 2. The quantitative estimate of drug-likeness (QED) is 0.588. The molecule has 184 valence electrons. The lowest BCUT2D eigenvalue weighted by Gasteiger charge is -2.49. The van der Waals surface area contributed by atoms with Crippen LogP contribution in [0.15, 0.2) is 35.9 Å². The number of aliphatic hydroxyl groups excluding tert-OH is 1. The fourth-order valence-corrected chi connectivity index (χ4v) is 5.94. The van der Waals surface area contributed by atoms with Crippen LogP contribution in [0.1, 0.15) is 44.3 Å². The number of carbonyl (C=O) groups is 2. The molecule has 35 heavy (non-hydrogen) atoms. The minimum absolute atomic E-state index is 0.0733. The first kappa shape index (κ1) is 22.3. The van der Waals surface area contributed by atoms with Crippen LogP contribution in [0.2, 0.25) is 0 Å². The van der Waals surface area contributed by atoms with Gasteiger partial charge in [-0.25, -0.2) is 9.78 Å². The van der Waals surface area contributed by atoms with Gasteiger partial charge >= 0.3 is 5.97 Å². The molecule has 4 aliphatic heterocycles. The number of pyridine rings is 1. The second kappa shape index (κ2) is 8.47. The van der Waals surface area contributed by atoms with Crippen molar-refractivity contribution in [2.45, 2.75) is 56.4 Å². The molecule has 2 bridgehead atoms. The molecule has 4 aliphatic rings. The van der Waals surface area contributed by atoms with Gasteiger partial charge in [-0.05, 0) is 36.3 Å². The Hall–Kier alpha value is -3.22. The molecule has 0 radical (unpaired) electrons. The number of amides is 1. The number of carbonyl (C=O) groups excluding carboxylic acids is 2. The summed E-state index contributed by atoms with van der Waals surface area (Å²) in [5.74, 6) is 0.136. The van der Waals surface area contributed by atoms with Crippen LogP contribution < -0.4 is 0 Å². The highest BCUT2D eigenvalue weighted by atomic mass is 16.5. The number of hydrogen-bond donors (Lipinski definition) is 1. The largest absolute Gasteiger partial charge is 0.456 e. The zero-order chi connectivity index (χ0) is 24.2. The lowest BCUT2D eigenvalue weighted by molar-refractivity contribution is -0.182. The van der Waals surface area contributed by atoms with Gasteiger partial charge in [-0.1, -0.05) is 6.07 Å². The van der Waals surface area contributed by atoms with Crippen molar-refractivity contribution in [3.63, 3.8) is 0 Å². The van der Waals surface area contributed by atoms with Gasteiger partial charge in [0, 0.05) is 49.8 Å². The SMILES string of the molecule is CC1=C(N2CCOC3(CC4CCC(C3)N4C[C@H](O)c3ccc(-n4cnnn4)nc3)C2=O)COC1=O. The van der Waals surface area contributed by atoms with E-state index in [1.807, 2.05) is 6.07 Å². The Morgan fingerprint density at radius 2 is 2.03 bits per heavy atom. The molecule has 2 unspecified atom stereocenters. The van der Waals surface area contributed by atoms with Gasteiger partial charge in [0.25, 0.3) is 5.91 Å². The Balaban J connectivity index is 1.16. The molecule has 0 saturated carbocycles. The second-order valence-corrected chi connectivity index (χ2v) is 9.66. The van der Waals surface area contributed by atoms with Crippen LogP contribution >= 0.6 is 0 Å². The number of aliphatic hydroxyl groups is 1. The molecule has 12 heteroatoms. The van der Waals surface area contributed by atoms with Crippen molar-refractivity contribution in [2.75, 3.05) is 26.3 Å². The van der Waals surface area contributed by atoms with E-state index in [4.69, 9.17) is 9.47 Å². The van der Waals surface area contributed by atoms with Crippen LogP contribution in [0.3, 0.4) is 0 Å². The summed E-state index contributed by atoms with van der Waals surface area (Å²) >= 11 is 0. The van der Waals surface area contributed by atoms with Crippen molar-refractivity contribution in [2.24, 2.45) is 0 Å². The summed E-state index contributed by atoms with van der Waals surface area (Å²) in [6.07, 6.45) is 5.45. The van der Waals surface area contributed by atoms with Crippen LogP contribution in [0.4, 0.5) is 0 Å². The van der Waals surface area contributed by atoms with Gasteiger partial charge in [0.2, 0.25) is 0 Å². The van der Waals surface area contributed by atoms with Crippen molar-refractivity contribution in [3.8, 4) is 5.82 Å². The molecular weight excluding hydrogens is 454 g/mol. The van der Waals surface area contributed by atoms with Crippen molar-refractivity contribution in [3.05, 3.63) is 41.5 Å². The minimum Gasteiger partial charge on any atom is -0.456 e. The summed E-state index contributed by atoms with van der Waals surface area (Å²) in [6.45, 7) is 3.16. The number of morpholine rings is 1. The van der Waals surface area contributed by atoms with E-state index in [2.05, 4.69) is 25.4 Å². The lowest BCUT2D eigenvalue weighted by Crippen LogP contribution is -2.63. The first-order chi connectivity index (χ1) is 16.9. The molecule has 1 spiro atoms. The number of nitrogens with zero attached hydrogens (tertiary/aromatic N) is 7. The number of aromatic nitrogens is 5. The maximum absolute atomic E-state index is 13.6.